The third-order valence-electron chi connectivity index (χ3n) is 9.29. The van der Waals surface area contributed by atoms with Gasteiger partial charge in [-0.3, -0.25) is 33.6 Å². The second-order valence-electron chi connectivity index (χ2n) is 17.9. The molecule has 360 valence electrons. The lowest BCUT2D eigenvalue weighted by Gasteiger charge is -2.22. The number of aliphatic carboxylic acids is 1. The second-order valence-corrected chi connectivity index (χ2v) is 17.9. The number of rotatable bonds is 23. The van der Waals surface area contributed by atoms with E-state index < -0.39 is 84.1 Å². The van der Waals surface area contributed by atoms with Gasteiger partial charge in [-0.2, -0.15) is 0 Å². The number of hydrogen-bond acceptors (Lipinski definition) is 13. The van der Waals surface area contributed by atoms with E-state index in [2.05, 4.69) is 31.9 Å². The number of carboxylic acid groups (broad SMARTS) is 1. The molecule has 4 atom stereocenters. The summed E-state index contributed by atoms with van der Waals surface area (Å²) < 4.78 is 10.3. The molecule has 0 aliphatic carbocycles. The van der Waals surface area contributed by atoms with Gasteiger partial charge in [-0.1, -0.05) is 41.5 Å². The first-order chi connectivity index (χ1) is 29.0. The Labute approximate surface area is 370 Å². The van der Waals surface area contributed by atoms with Crippen LogP contribution >= 0.6 is 0 Å². The van der Waals surface area contributed by atoms with Crippen LogP contribution in [0.5, 0.6) is 0 Å². The summed E-state index contributed by atoms with van der Waals surface area (Å²) in [5, 5.41) is 24.4. The maximum atomic E-state index is 12.7. The first-order valence-electron chi connectivity index (χ1n) is 21.4. The molecule has 21 nitrogen and oxygen atoms in total. The minimum atomic E-state index is -1.16. The highest BCUT2D eigenvalue weighted by atomic mass is 16.7. The van der Waals surface area contributed by atoms with Gasteiger partial charge < -0.3 is 51.3 Å². The van der Waals surface area contributed by atoms with Crippen molar-refractivity contribution >= 4 is 59.6 Å². The smallest absolute Gasteiger partial charge is 0.407 e. The van der Waals surface area contributed by atoms with E-state index in [9.17, 15) is 47.9 Å². The minimum absolute atomic E-state index is 0.0383. The lowest BCUT2D eigenvalue weighted by Crippen LogP contribution is -2.50. The third kappa shape index (κ3) is 26.6. The Kier molecular flexibility index (Phi) is 25.8. The summed E-state index contributed by atoms with van der Waals surface area (Å²) in [6.45, 7) is 21.3. The van der Waals surface area contributed by atoms with E-state index in [1.165, 1.54) is 0 Å². The molecule has 0 saturated carbocycles. The first kappa shape index (κ1) is 57.5. The van der Waals surface area contributed by atoms with E-state index in [0.717, 1.165) is 0 Å². The van der Waals surface area contributed by atoms with Crippen molar-refractivity contribution < 1.29 is 67.4 Å². The third-order valence-corrected chi connectivity index (χ3v) is 9.29. The number of hydroxylamine groups is 2. The zero-order valence-corrected chi connectivity index (χ0v) is 39.2. The largest absolute Gasteiger partial charge is 0.480 e. The SMILES string of the molecule is CC(C)[C@H](C)C(=O)N[C@@H](CCCCNC(=O)OC(C)(C)C)C(=O)NCC(=O)O.CC(C)[C@H](C)C(=O)N[C@@H](CCCCNC(=O)OC(C)(C)C)C(=O)NCC(=O)ON1C(=O)CCC1=O. The number of amides is 8. The van der Waals surface area contributed by atoms with E-state index in [1.807, 2.05) is 27.7 Å². The Balaban J connectivity index is 0.00000125. The van der Waals surface area contributed by atoms with Gasteiger partial charge >= 0.3 is 24.1 Å². The van der Waals surface area contributed by atoms with Gasteiger partial charge in [-0.15, -0.1) is 5.06 Å². The van der Waals surface area contributed by atoms with Crippen LogP contribution < -0.4 is 31.9 Å². The zero-order chi connectivity index (χ0) is 48.7. The molecule has 1 aliphatic heterocycles. The predicted molar refractivity (Wildman–Crippen MR) is 229 cm³/mol. The molecule has 0 spiro atoms. The number of hydrogen-bond donors (Lipinski definition) is 7. The fourth-order valence-electron chi connectivity index (χ4n) is 5.07. The molecule has 0 unspecified atom stereocenters. The predicted octanol–water partition coefficient (Wildman–Crippen LogP) is 2.84. The Morgan fingerprint density at radius 1 is 0.571 bits per heavy atom. The van der Waals surface area contributed by atoms with Crippen LogP contribution in [0.25, 0.3) is 0 Å². The van der Waals surface area contributed by atoms with Crippen molar-refractivity contribution in [3.8, 4) is 0 Å². The zero-order valence-electron chi connectivity index (χ0n) is 39.2. The molecule has 0 radical (unpaired) electrons. The van der Waals surface area contributed by atoms with Crippen molar-refractivity contribution in [2.24, 2.45) is 23.7 Å². The number of carbonyl (C=O) groups excluding carboxylic acids is 9. The quantitative estimate of drug-likeness (QED) is 0.0574. The van der Waals surface area contributed by atoms with Gasteiger partial charge in [0.2, 0.25) is 23.6 Å². The molecule has 1 aliphatic rings. The van der Waals surface area contributed by atoms with Gasteiger partial charge in [-0.05, 0) is 91.9 Å². The lowest BCUT2D eigenvalue weighted by atomic mass is 9.96. The molecule has 1 rings (SSSR count). The topological polar surface area (TPSA) is 294 Å². The summed E-state index contributed by atoms with van der Waals surface area (Å²) in [6, 6.07) is -1.75. The number of carbonyl (C=O) groups is 10. The van der Waals surface area contributed by atoms with Gasteiger partial charge in [0.15, 0.2) is 0 Å². The maximum Gasteiger partial charge on any atom is 0.407 e. The van der Waals surface area contributed by atoms with Crippen LogP contribution in [0.4, 0.5) is 9.59 Å². The van der Waals surface area contributed by atoms with E-state index in [4.69, 9.17) is 19.4 Å². The first-order valence-corrected chi connectivity index (χ1v) is 21.4. The summed E-state index contributed by atoms with van der Waals surface area (Å²) in [5.41, 5.74) is -1.18. The van der Waals surface area contributed by atoms with E-state index in [0.29, 0.717) is 50.3 Å². The molecule has 0 aromatic heterocycles. The molecule has 21 heteroatoms. The van der Waals surface area contributed by atoms with Crippen LogP contribution in [-0.2, 0) is 52.7 Å². The summed E-state index contributed by atoms with van der Waals surface area (Å²) in [4.78, 5) is 123. The normalized spacial score (nSPS) is 14.5. The van der Waals surface area contributed by atoms with Crippen molar-refractivity contribution in [1.29, 1.82) is 0 Å². The van der Waals surface area contributed by atoms with Crippen LogP contribution in [0.2, 0.25) is 0 Å². The average Bonchev–Trinajstić information content (AvgIpc) is 3.47. The number of unbranched alkanes of at least 4 members (excludes halogenated alkanes) is 2. The molecule has 8 amide bonds. The summed E-state index contributed by atoms with van der Waals surface area (Å²) >= 11 is 0. The highest BCUT2D eigenvalue weighted by molar-refractivity contribution is 6.01. The Morgan fingerprint density at radius 3 is 1.27 bits per heavy atom. The summed E-state index contributed by atoms with van der Waals surface area (Å²) in [6.07, 6.45) is 1.61. The van der Waals surface area contributed by atoms with Gasteiger partial charge in [-0.25, -0.2) is 14.4 Å². The van der Waals surface area contributed by atoms with Crippen molar-refractivity contribution in [3.63, 3.8) is 0 Å². The number of nitrogens with zero attached hydrogens (tertiary/aromatic N) is 1. The van der Waals surface area contributed by atoms with Crippen molar-refractivity contribution in [2.75, 3.05) is 26.2 Å². The lowest BCUT2D eigenvalue weighted by molar-refractivity contribution is -0.196. The van der Waals surface area contributed by atoms with Crippen molar-refractivity contribution in [1.82, 2.24) is 37.0 Å². The molecule has 63 heavy (non-hydrogen) atoms. The van der Waals surface area contributed by atoms with Crippen LogP contribution in [0.15, 0.2) is 0 Å². The Morgan fingerprint density at radius 2 is 0.937 bits per heavy atom. The van der Waals surface area contributed by atoms with Gasteiger partial charge in [0.05, 0.1) is 0 Å². The monoisotopic (exact) mass is 900 g/mol. The number of nitrogens with one attached hydrogen (secondary N) is 6. The van der Waals surface area contributed by atoms with E-state index >= 15 is 0 Å². The minimum Gasteiger partial charge on any atom is -0.480 e. The fourth-order valence-corrected chi connectivity index (χ4v) is 5.07. The Hall–Kier alpha value is -5.50. The highest BCUT2D eigenvalue weighted by Gasteiger charge is 2.33. The van der Waals surface area contributed by atoms with Gasteiger partial charge in [0.25, 0.3) is 11.8 Å². The summed E-state index contributed by atoms with van der Waals surface area (Å²) in [5.74, 6) is -5.52. The molecule has 0 aromatic rings. The van der Waals surface area contributed by atoms with E-state index in [1.54, 1.807) is 55.4 Å². The number of carboxylic acids is 1. The molecular weight excluding hydrogens is 826 g/mol. The number of ether oxygens (including phenoxy) is 2. The van der Waals surface area contributed by atoms with Crippen LogP contribution in [-0.4, -0.2) is 119 Å². The van der Waals surface area contributed by atoms with E-state index in [-0.39, 0.29) is 54.7 Å². The van der Waals surface area contributed by atoms with Crippen LogP contribution in [0, 0.1) is 23.7 Å². The molecule has 1 saturated heterocycles. The molecule has 1 fully saturated rings. The number of alkyl carbamates (subject to hydrolysis) is 2. The molecule has 7 N–H and O–H groups in total. The average molecular weight is 900 g/mol. The standard InChI is InChI=1S/C23H38N4O8.C19H35N3O6/c1-14(2)15(3)20(31)26-16(9-7-8-12-24-22(33)34-23(4,5)6)21(32)25-13-19(30)35-27-17(28)10-11-18(27)29;1-12(2)13(3)16(25)22-14(17(26)21-11-15(23)24)9-7-8-10-20-18(27)28-19(4,5)6/h14-16H,7-13H2,1-6H3,(H,24,33)(H,25,32)(H,26,31);12-14H,7-11H2,1-6H3,(H,20,27)(H,21,26)(H,22,25)(H,23,24)/t15-,16-;13-,14-/m00/s1. The molecule has 1 heterocycles. The molecule has 0 bridgehead atoms. The highest BCUT2D eigenvalue weighted by Crippen LogP contribution is 2.14. The van der Waals surface area contributed by atoms with Crippen molar-refractivity contribution in [3.05, 3.63) is 0 Å². The summed E-state index contributed by atoms with van der Waals surface area (Å²) in [7, 11) is 0. The maximum absolute atomic E-state index is 12.7. The molecular formula is C42H73N7O14. The van der Waals surface area contributed by atoms with Gasteiger partial charge in [0, 0.05) is 37.8 Å². The van der Waals surface area contributed by atoms with Crippen LogP contribution in [0.1, 0.15) is 134 Å². The van der Waals surface area contributed by atoms with Crippen LogP contribution in [0.3, 0.4) is 0 Å². The Bertz CT molecular complexity index is 1560. The van der Waals surface area contributed by atoms with Gasteiger partial charge in [0.1, 0.15) is 36.4 Å². The molecule has 0 aromatic carbocycles. The number of imide groups is 1. The fraction of sp³-hybridized carbons (Fsp3) is 0.762. The van der Waals surface area contributed by atoms with Crippen molar-refractivity contribution in [2.45, 2.75) is 158 Å². The second kappa shape index (κ2) is 28.2.